The van der Waals surface area contributed by atoms with Crippen LogP contribution in [0.2, 0.25) is 0 Å². The second kappa shape index (κ2) is 7.78. The van der Waals surface area contributed by atoms with Gasteiger partial charge in [0.1, 0.15) is 5.82 Å². The van der Waals surface area contributed by atoms with E-state index in [-0.39, 0.29) is 35.2 Å². The summed E-state index contributed by atoms with van der Waals surface area (Å²) < 4.78 is 19.8. The monoisotopic (exact) mass is 459 g/mol. The number of aliphatic imine (C=N–C) groups is 1. The Kier molecular flexibility index (Phi) is 5.88. The van der Waals surface area contributed by atoms with Crippen molar-refractivity contribution in [3.05, 3.63) is 35.6 Å². The number of fused-ring (bicyclic) bond motifs is 2. The van der Waals surface area contributed by atoms with Crippen LogP contribution in [-0.4, -0.2) is 31.8 Å². The second-order valence-corrected chi connectivity index (χ2v) is 7.32. The van der Waals surface area contributed by atoms with Crippen LogP contribution in [-0.2, 0) is 11.3 Å². The maximum atomic E-state index is 13.8. The number of rotatable bonds is 3. The lowest BCUT2D eigenvalue weighted by molar-refractivity contribution is -0.125. The summed E-state index contributed by atoms with van der Waals surface area (Å²) in [6, 6.07) is 7.30. The summed E-state index contributed by atoms with van der Waals surface area (Å²) in [6.45, 7) is 1.33. The summed E-state index contributed by atoms with van der Waals surface area (Å²) in [5.41, 5.74) is 0.947. The largest absolute Gasteiger partial charge is 0.377 e. The van der Waals surface area contributed by atoms with E-state index in [1.807, 2.05) is 6.07 Å². The van der Waals surface area contributed by atoms with Gasteiger partial charge >= 0.3 is 0 Å². The molecule has 0 bridgehead atoms. The number of halogens is 2. The molecule has 3 atom stereocenters. The van der Waals surface area contributed by atoms with Crippen LogP contribution in [0.25, 0.3) is 0 Å². The molecule has 4 nitrogen and oxygen atoms in total. The number of nitrogens with zero attached hydrogens (tertiary/aromatic N) is 1. The van der Waals surface area contributed by atoms with Gasteiger partial charge in [0.15, 0.2) is 5.96 Å². The minimum atomic E-state index is -0.180. The van der Waals surface area contributed by atoms with Crippen LogP contribution in [0.15, 0.2) is 29.3 Å². The van der Waals surface area contributed by atoms with Crippen LogP contribution in [0.1, 0.15) is 37.7 Å². The molecule has 3 fully saturated rings. The molecule has 4 rings (SSSR count). The molecule has 2 saturated carbocycles. The van der Waals surface area contributed by atoms with Crippen LogP contribution in [0.3, 0.4) is 0 Å². The minimum absolute atomic E-state index is 0. The van der Waals surface area contributed by atoms with E-state index in [9.17, 15) is 4.39 Å². The highest BCUT2D eigenvalue weighted by Crippen LogP contribution is 2.60. The summed E-state index contributed by atoms with van der Waals surface area (Å²) >= 11 is 0. The summed E-state index contributed by atoms with van der Waals surface area (Å²) in [7, 11) is 1.78. The Hall–Kier alpha value is -0.890. The van der Waals surface area contributed by atoms with Crippen LogP contribution < -0.4 is 10.6 Å². The summed E-state index contributed by atoms with van der Waals surface area (Å²) in [4.78, 5) is 4.35. The van der Waals surface area contributed by atoms with Crippen LogP contribution in [0, 0.1) is 17.2 Å². The van der Waals surface area contributed by atoms with Crippen molar-refractivity contribution in [1.29, 1.82) is 0 Å². The topological polar surface area (TPSA) is 45.7 Å². The fraction of sp³-hybridized carbons (Fsp3) is 0.632. The molecule has 0 aromatic heterocycles. The first-order chi connectivity index (χ1) is 11.7. The normalized spacial score (nSPS) is 29.7. The number of guanidine groups is 1. The van der Waals surface area contributed by atoms with E-state index in [1.165, 1.54) is 31.7 Å². The zero-order valence-electron chi connectivity index (χ0n) is 14.6. The Bertz CT molecular complexity index is 633. The predicted octanol–water partition coefficient (Wildman–Crippen LogP) is 3.46. The van der Waals surface area contributed by atoms with E-state index >= 15 is 0 Å². The number of ether oxygens (including phenoxy) is 1. The molecule has 2 N–H and O–H groups in total. The van der Waals surface area contributed by atoms with Crippen LogP contribution in [0.5, 0.6) is 0 Å². The summed E-state index contributed by atoms with van der Waals surface area (Å²) in [5, 5.41) is 6.90. The first kappa shape index (κ1) is 18.9. The molecular weight excluding hydrogens is 432 g/mol. The van der Waals surface area contributed by atoms with E-state index in [0.29, 0.717) is 30.2 Å². The molecule has 1 heterocycles. The average Bonchev–Trinajstić information content (AvgIpc) is 3.25. The highest BCUT2D eigenvalue weighted by atomic mass is 127. The molecule has 3 aliphatic rings. The van der Waals surface area contributed by atoms with E-state index in [1.54, 1.807) is 19.2 Å². The fourth-order valence-electron chi connectivity index (χ4n) is 5.07. The minimum Gasteiger partial charge on any atom is -0.377 e. The second-order valence-electron chi connectivity index (χ2n) is 7.32. The lowest BCUT2D eigenvalue weighted by Crippen LogP contribution is -2.69. The Morgan fingerprint density at radius 2 is 2.08 bits per heavy atom. The van der Waals surface area contributed by atoms with E-state index < -0.39 is 0 Å². The van der Waals surface area contributed by atoms with Crippen molar-refractivity contribution in [2.24, 2.45) is 16.3 Å². The Labute approximate surface area is 166 Å². The highest BCUT2D eigenvalue weighted by Gasteiger charge is 2.65. The van der Waals surface area contributed by atoms with Crippen LogP contribution in [0.4, 0.5) is 4.39 Å². The van der Waals surface area contributed by atoms with Crippen molar-refractivity contribution >= 4 is 29.9 Å². The number of benzene rings is 1. The van der Waals surface area contributed by atoms with Crippen molar-refractivity contribution in [2.75, 3.05) is 13.7 Å². The molecule has 1 spiro atoms. The molecule has 0 radical (unpaired) electrons. The molecular formula is C19H27FIN3O. The van der Waals surface area contributed by atoms with Gasteiger partial charge in [-0.25, -0.2) is 4.39 Å². The van der Waals surface area contributed by atoms with E-state index in [2.05, 4.69) is 15.6 Å². The zero-order chi connectivity index (χ0) is 16.6. The van der Waals surface area contributed by atoms with Gasteiger partial charge in [0, 0.05) is 43.1 Å². The molecule has 138 valence electrons. The average molecular weight is 459 g/mol. The van der Waals surface area contributed by atoms with Crippen molar-refractivity contribution in [3.8, 4) is 0 Å². The van der Waals surface area contributed by atoms with Gasteiger partial charge in [0.2, 0.25) is 0 Å². The number of hydrogen-bond donors (Lipinski definition) is 2. The molecule has 1 saturated heterocycles. The summed E-state index contributed by atoms with van der Waals surface area (Å²) in [5.74, 6) is 1.18. The van der Waals surface area contributed by atoms with Gasteiger partial charge in [0.05, 0.1) is 6.10 Å². The zero-order valence-corrected chi connectivity index (χ0v) is 17.0. The molecule has 25 heavy (non-hydrogen) atoms. The smallest absolute Gasteiger partial charge is 0.191 e. The predicted molar refractivity (Wildman–Crippen MR) is 108 cm³/mol. The van der Waals surface area contributed by atoms with Gasteiger partial charge in [-0.3, -0.25) is 4.99 Å². The van der Waals surface area contributed by atoms with Gasteiger partial charge in [-0.05, 0) is 25.3 Å². The molecule has 1 aromatic carbocycles. The Morgan fingerprint density at radius 1 is 1.32 bits per heavy atom. The van der Waals surface area contributed by atoms with Crippen molar-refractivity contribution in [3.63, 3.8) is 0 Å². The lowest BCUT2D eigenvalue weighted by Gasteiger charge is -2.57. The van der Waals surface area contributed by atoms with Crippen molar-refractivity contribution < 1.29 is 9.13 Å². The van der Waals surface area contributed by atoms with Crippen molar-refractivity contribution in [2.45, 2.75) is 50.8 Å². The van der Waals surface area contributed by atoms with Gasteiger partial charge in [-0.2, -0.15) is 0 Å². The van der Waals surface area contributed by atoms with Gasteiger partial charge < -0.3 is 15.4 Å². The molecule has 2 aliphatic carbocycles. The number of hydrogen-bond acceptors (Lipinski definition) is 2. The summed E-state index contributed by atoms with van der Waals surface area (Å²) in [6.07, 6.45) is 6.65. The van der Waals surface area contributed by atoms with Crippen LogP contribution >= 0.6 is 24.0 Å². The third kappa shape index (κ3) is 3.27. The molecule has 6 heteroatoms. The lowest BCUT2D eigenvalue weighted by atomic mass is 9.54. The quantitative estimate of drug-likeness (QED) is 0.414. The fourth-order valence-corrected chi connectivity index (χ4v) is 5.07. The maximum absolute atomic E-state index is 13.8. The Morgan fingerprint density at radius 3 is 2.80 bits per heavy atom. The standard InChI is InChI=1S/C19H26FN3O.HI/c1-21-18(22-12-13-6-2-3-7-15(13)20)23-16-14-8-11-24-17(14)19(16)9-4-5-10-19;/h2-3,6-7,14,16-17H,4-5,8-12H2,1H3,(H2,21,22,23);1H. The highest BCUT2D eigenvalue weighted by molar-refractivity contribution is 14.0. The molecule has 1 aromatic rings. The van der Waals surface area contributed by atoms with E-state index in [0.717, 1.165) is 19.0 Å². The van der Waals surface area contributed by atoms with Gasteiger partial charge in [-0.15, -0.1) is 24.0 Å². The molecule has 0 amide bonds. The number of nitrogens with one attached hydrogen (secondary N) is 2. The van der Waals surface area contributed by atoms with E-state index in [4.69, 9.17) is 4.74 Å². The first-order valence-corrected chi connectivity index (χ1v) is 9.07. The van der Waals surface area contributed by atoms with Gasteiger partial charge in [-0.1, -0.05) is 31.0 Å². The maximum Gasteiger partial charge on any atom is 0.191 e. The third-order valence-electron chi connectivity index (χ3n) is 6.21. The SMILES string of the molecule is CN=C(NCc1ccccc1F)NC1C2CCOC2C12CCCC2.I. The molecule has 3 unspecified atom stereocenters. The van der Waals surface area contributed by atoms with Gasteiger partial charge in [0.25, 0.3) is 0 Å². The van der Waals surface area contributed by atoms with Crippen molar-refractivity contribution in [1.82, 2.24) is 10.6 Å². The third-order valence-corrected chi connectivity index (χ3v) is 6.21. The Balaban J connectivity index is 0.00000182. The first-order valence-electron chi connectivity index (χ1n) is 9.07. The molecule has 1 aliphatic heterocycles.